The first-order valence-electron chi connectivity index (χ1n) is 8.26. The third-order valence-corrected chi connectivity index (χ3v) is 4.37. The number of ether oxygens (including phenoxy) is 2. The van der Waals surface area contributed by atoms with Crippen LogP contribution < -0.4 is 14.8 Å². The van der Waals surface area contributed by atoms with Crippen LogP contribution in [0.2, 0.25) is 0 Å². The lowest BCUT2D eigenvalue weighted by Gasteiger charge is -2.26. The Bertz CT molecular complexity index is 609. The van der Waals surface area contributed by atoms with Crippen molar-refractivity contribution in [2.24, 2.45) is 5.92 Å². The monoisotopic (exact) mass is 336 g/mol. The van der Waals surface area contributed by atoms with Crippen LogP contribution in [0.25, 0.3) is 0 Å². The highest BCUT2D eigenvalue weighted by atomic mass is 16.6. The van der Waals surface area contributed by atoms with E-state index in [0.717, 1.165) is 25.7 Å². The molecule has 0 aliphatic heterocycles. The van der Waals surface area contributed by atoms with Crippen LogP contribution in [0.15, 0.2) is 12.1 Å². The molecule has 1 amide bonds. The van der Waals surface area contributed by atoms with E-state index in [1.807, 2.05) is 0 Å². The number of nitrogens with one attached hydrogen (secondary N) is 1. The minimum absolute atomic E-state index is 0.00266. The molecule has 1 aliphatic rings. The minimum Gasteiger partial charge on any atom is -0.493 e. The van der Waals surface area contributed by atoms with Gasteiger partial charge in [0, 0.05) is 12.1 Å². The van der Waals surface area contributed by atoms with Crippen LogP contribution >= 0.6 is 0 Å². The summed E-state index contributed by atoms with van der Waals surface area (Å²) in [6, 6.07) is 2.69. The summed E-state index contributed by atoms with van der Waals surface area (Å²) in [7, 11) is 1.41. The topological polar surface area (TPSA) is 90.7 Å². The van der Waals surface area contributed by atoms with Gasteiger partial charge in [0.15, 0.2) is 11.5 Å². The maximum Gasteiger partial charge on any atom is 0.286 e. The van der Waals surface area contributed by atoms with Crippen molar-refractivity contribution < 1.29 is 19.2 Å². The highest BCUT2D eigenvalue weighted by Crippen LogP contribution is 2.35. The Morgan fingerprint density at radius 1 is 1.29 bits per heavy atom. The Morgan fingerprint density at radius 2 is 1.96 bits per heavy atom. The van der Waals surface area contributed by atoms with Gasteiger partial charge in [0.1, 0.15) is 5.56 Å². The Balaban J connectivity index is 2.27. The Hall–Kier alpha value is -2.31. The molecule has 0 unspecified atom stereocenters. The van der Waals surface area contributed by atoms with Crippen LogP contribution in [0.3, 0.4) is 0 Å². The second-order valence-corrected chi connectivity index (χ2v) is 6.14. The zero-order valence-corrected chi connectivity index (χ0v) is 14.3. The lowest BCUT2D eigenvalue weighted by atomic mass is 9.87. The number of hydrogen-bond acceptors (Lipinski definition) is 5. The predicted octanol–water partition coefficient (Wildman–Crippen LogP) is 3.31. The Morgan fingerprint density at radius 3 is 2.50 bits per heavy atom. The van der Waals surface area contributed by atoms with Crippen molar-refractivity contribution in [2.45, 2.75) is 45.6 Å². The molecule has 2 rings (SSSR count). The number of carbonyl (C=O) groups is 1. The lowest BCUT2D eigenvalue weighted by molar-refractivity contribution is -0.385. The molecular formula is C17H24N2O5. The fraction of sp³-hybridized carbons (Fsp3) is 0.588. The maximum atomic E-state index is 12.6. The van der Waals surface area contributed by atoms with E-state index < -0.39 is 10.8 Å². The van der Waals surface area contributed by atoms with E-state index in [2.05, 4.69) is 12.2 Å². The van der Waals surface area contributed by atoms with Crippen LogP contribution in [0.1, 0.15) is 49.9 Å². The van der Waals surface area contributed by atoms with Gasteiger partial charge in [-0.25, -0.2) is 0 Å². The average molecular weight is 336 g/mol. The van der Waals surface area contributed by atoms with Crippen LogP contribution in [-0.2, 0) is 0 Å². The van der Waals surface area contributed by atoms with E-state index in [4.69, 9.17) is 9.47 Å². The lowest BCUT2D eigenvalue weighted by Crippen LogP contribution is -2.37. The molecule has 0 aromatic heterocycles. The van der Waals surface area contributed by atoms with Gasteiger partial charge < -0.3 is 14.8 Å². The van der Waals surface area contributed by atoms with Crippen LogP contribution in [-0.4, -0.2) is 30.6 Å². The molecule has 1 aliphatic carbocycles. The van der Waals surface area contributed by atoms with Crippen LogP contribution in [0.4, 0.5) is 5.69 Å². The molecule has 0 saturated heterocycles. The van der Waals surface area contributed by atoms with Crippen molar-refractivity contribution in [1.82, 2.24) is 5.32 Å². The number of hydrogen-bond donors (Lipinski definition) is 1. The standard InChI is InChI=1S/C17H24N2O5/c1-4-24-16-9-13(14(19(21)22)10-15(16)23-3)17(20)18-12-7-5-11(2)6-8-12/h9-12H,4-8H2,1-3H3,(H,18,20). The third-order valence-electron chi connectivity index (χ3n) is 4.37. The number of nitrogens with zero attached hydrogens (tertiary/aromatic N) is 1. The van der Waals surface area contributed by atoms with Crippen molar-refractivity contribution in [3.05, 3.63) is 27.8 Å². The molecule has 1 N–H and O–H groups in total. The Kier molecular flexibility index (Phi) is 6.00. The maximum absolute atomic E-state index is 12.6. The summed E-state index contributed by atoms with van der Waals surface area (Å²) < 4.78 is 10.6. The quantitative estimate of drug-likeness (QED) is 0.636. The van der Waals surface area contributed by atoms with Crippen molar-refractivity contribution >= 4 is 11.6 Å². The van der Waals surface area contributed by atoms with Crippen molar-refractivity contribution in [2.75, 3.05) is 13.7 Å². The molecule has 7 heteroatoms. The minimum atomic E-state index is -0.573. The number of carbonyl (C=O) groups excluding carboxylic acids is 1. The van der Waals surface area contributed by atoms with E-state index in [9.17, 15) is 14.9 Å². The van der Waals surface area contributed by atoms with Crippen LogP contribution in [0.5, 0.6) is 11.5 Å². The molecule has 1 fully saturated rings. The number of benzene rings is 1. The first kappa shape index (κ1) is 18.0. The van der Waals surface area contributed by atoms with Gasteiger partial charge in [-0.3, -0.25) is 14.9 Å². The number of nitro groups is 1. The highest BCUT2D eigenvalue weighted by molar-refractivity contribution is 5.99. The average Bonchev–Trinajstić information content (AvgIpc) is 2.56. The molecular weight excluding hydrogens is 312 g/mol. The summed E-state index contributed by atoms with van der Waals surface area (Å²) >= 11 is 0. The van der Waals surface area contributed by atoms with Gasteiger partial charge in [-0.05, 0) is 38.5 Å². The van der Waals surface area contributed by atoms with Crippen molar-refractivity contribution in [3.63, 3.8) is 0 Å². The van der Waals surface area contributed by atoms with Gasteiger partial charge in [0.2, 0.25) is 0 Å². The van der Waals surface area contributed by atoms with E-state index in [1.165, 1.54) is 19.2 Å². The highest BCUT2D eigenvalue weighted by Gasteiger charge is 2.27. The fourth-order valence-corrected chi connectivity index (χ4v) is 2.98. The smallest absolute Gasteiger partial charge is 0.286 e. The summed E-state index contributed by atoms with van der Waals surface area (Å²) in [5, 5.41) is 14.2. The fourth-order valence-electron chi connectivity index (χ4n) is 2.98. The molecule has 7 nitrogen and oxygen atoms in total. The summed E-state index contributed by atoms with van der Waals surface area (Å²) in [4.78, 5) is 23.3. The molecule has 0 radical (unpaired) electrons. The third kappa shape index (κ3) is 4.15. The first-order chi connectivity index (χ1) is 11.5. The number of methoxy groups -OCH3 is 1. The zero-order chi connectivity index (χ0) is 17.7. The normalized spacial score (nSPS) is 20.3. The predicted molar refractivity (Wildman–Crippen MR) is 89.7 cm³/mol. The second-order valence-electron chi connectivity index (χ2n) is 6.14. The second kappa shape index (κ2) is 7.99. The summed E-state index contributed by atoms with van der Waals surface area (Å²) in [5.74, 6) is 0.794. The van der Waals surface area contributed by atoms with Gasteiger partial charge in [0.25, 0.3) is 11.6 Å². The van der Waals surface area contributed by atoms with Gasteiger partial charge in [0.05, 0.1) is 24.7 Å². The largest absolute Gasteiger partial charge is 0.493 e. The van der Waals surface area contributed by atoms with Gasteiger partial charge >= 0.3 is 0 Å². The Labute approximate surface area is 141 Å². The van der Waals surface area contributed by atoms with Crippen molar-refractivity contribution in [1.29, 1.82) is 0 Å². The van der Waals surface area contributed by atoms with Gasteiger partial charge in [-0.1, -0.05) is 6.92 Å². The van der Waals surface area contributed by atoms with Crippen molar-refractivity contribution in [3.8, 4) is 11.5 Å². The number of amides is 1. The summed E-state index contributed by atoms with van der Waals surface area (Å²) in [6.07, 6.45) is 3.91. The number of rotatable bonds is 6. The molecule has 0 spiro atoms. The molecule has 0 bridgehead atoms. The molecule has 1 aromatic carbocycles. The molecule has 132 valence electrons. The van der Waals surface area contributed by atoms with E-state index in [-0.39, 0.29) is 23.0 Å². The molecule has 1 aromatic rings. The first-order valence-corrected chi connectivity index (χ1v) is 8.26. The SMILES string of the molecule is CCOc1cc(C(=O)NC2CCC(C)CC2)c([N+](=O)[O-])cc1OC. The van der Waals surface area contributed by atoms with Gasteiger partial charge in [-0.2, -0.15) is 0 Å². The van der Waals surface area contributed by atoms with Gasteiger partial charge in [-0.15, -0.1) is 0 Å². The van der Waals surface area contributed by atoms with Crippen LogP contribution in [0, 0.1) is 16.0 Å². The van der Waals surface area contributed by atoms with E-state index in [0.29, 0.717) is 18.3 Å². The zero-order valence-electron chi connectivity index (χ0n) is 14.3. The number of nitro benzene ring substituents is 1. The molecule has 24 heavy (non-hydrogen) atoms. The molecule has 0 atom stereocenters. The summed E-state index contributed by atoms with van der Waals surface area (Å²) in [5.41, 5.74) is -0.278. The van der Waals surface area contributed by atoms with E-state index in [1.54, 1.807) is 6.92 Å². The molecule has 0 heterocycles. The van der Waals surface area contributed by atoms with E-state index >= 15 is 0 Å². The molecule has 1 saturated carbocycles. The summed E-state index contributed by atoms with van der Waals surface area (Å²) in [6.45, 7) is 4.36.